The van der Waals surface area contributed by atoms with Crippen molar-refractivity contribution >= 4 is 17.8 Å². The molecule has 1 atom stereocenters. The molecule has 112 valence electrons. The lowest BCUT2D eigenvalue weighted by Crippen LogP contribution is -2.43. The van der Waals surface area contributed by atoms with Crippen molar-refractivity contribution in [3.63, 3.8) is 0 Å². The molecule has 2 aliphatic rings. The monoisotopic (exact) mass is 281 g/mol. The fraction of sp³-hybridized carbons (Fsp3) is 0.786. The van der Waals surface area contributed by atoms with Gasteiger partial charge in [0.2, 0.25) is 5.91 Å². The minimum atomic E-state index is -0.484. The van der Waals surface area contributed by atoms with Gasteiger partial charge in [-0.3, -0.25) is 14.5 Å². The number of hydrogen-bond acceptors (Lipinski definition) is 3. The van der Waals surface area contributed by atoms with Gasteiger partial charge in [-0.25, -0.2) is 4.79 Å². The maximum absolute atomic E-state index is 12.1. The molecule has 1 saturated carbocycles. The van der Waals surface area contributed by atoms with Crippen molar-refractivity contribution in [3.05, 3.63) is 0 Å². The van der Waals surface area contributed by atoms with Gasteiger partial charge in [0, 0.05) is 6.04 Å². The molecule has 0 aromatic carbocycles. The Morgan fingerprint density at radius 3 is 2.60 bits per heavy atom. The van der Waals surface area contributed by atoms with E-state index >= 15 is 0 Å². The largest absolute Gasteiger partial charge is 0.352 e. The van der Waals surface area contributed by atoms with E-state index in [4.69, 9.17) is 0 Å². The third-order valence-corrected chi connectivity index (χ3v) is 3.84. The van der Waals surface area contributed by atoms with Crippen molar-refractivity contribution in [2.24, 2.45) is 5.92 Å². The summed E-state index contributed by atoms with van der Waals surface area (Å²) < 4.78 is 0. The van der Waals surface area contributed by atoms with E-state index in [1.54, 1.807) is 0 Å². The molecule has 0 bridgehead atoms. The van der Waals surface area contributed by atoms with Gasteiger partial charge in [-0.05, 0) is 25.2 Å². The first-order chi connectivity index (χ1) is 9.47. The first kappa shape index (κ1) is 14.8. The molecule has 20 heavy (non-hydrogen) atoms. The lowest BCUT2D eigenvalue weighted by Gasteiger charge is -2.16. The van der Waals surface area contributed by atoms with Gasteiger partial charge in [0.25, 0.3) is 5.91 Å². The molecule has 6 nitrogen and oxygen atoms in total. The standard InChI is InChI=1S/C14H23N3O3/c1-9(2)7-11-13(19)17(14(20)16-11)8-12(18)15-10-5-3-4-6-10/h9-11H,3-8H2,1-2H3,(H,15,18)(H,16,20)/t11-/m1/s1. The van der Waals surface area contributed by atoms with E-state index in [9.17, 15) is 14.4 Å². The summed E-state index contributed by atoms with van der Waals surface area (Å²) in [6, 6.07) is -0.737. The van der Waals surface area contributed by atoms with Crippen molar-refractivity contribution in [1.29, 1.82) is 0 Å². The van der Waals surface area contributed by atoms with Gasteiger partial charge >= 0.3 is 6.03 Å². The zero-order chi connectivity index (χ0) is 14.7. The zero-order valence-electron chi connectivity index (χ0n) is 12.1. The van der Waals surface area contributed by atoms with Gasteiger partial charge < -0.3 is 10.6 Å². The van der Waals surface area contributed by atoms with Gasteiger partial charge in [-0.1, -0.05) is 26.7 Å². The highest BCUT2D eigenvalue weighted by Crippen LogP contribution is 2.18. The number of carbonyl (C=O) groups is 3. The smallest absolute Gasteiger partial charge is 0.325 e. The number of nitrogens with zero attached hydrogens (tertiary/aromatic N) is 1. The van der Waals surface area contributed by atoms with Crippen LogP contribution in [0.3, 0.4) is 0 Å². The Hall–Kier alpha value is -1.59. The molecule has 0 unspecified atom stereocenters. The third kappa shape index (κ3) is 3.49. The number of carbonyl (C=O) groups excluding carboxylic acids is 3. The Morgan fingerprint density at radius 2 is 2.00 bits per heavy atom. The number of nitrogens with one attached hydrogen (secondary N) is 2. The summed E-state index contributed by atoms with van der Waals surface area (Å²) in [5, 5.41) is 5.53. The quantitative estimate of drug-likeness (QED) is 0.738. The molecule has 2 fully saturated rings. The Balaban J connectivity index is 1.86. The van der Waals surface area contributed by atoms with Crippen LogP contribution in [0.5, 0.6) is 0 Å². The molecule has 2 rings (SSSR count). The predicted octanol–water partition coefficient (Wildman–Crippen LogP) is 1.01. The van der Waals surface area contributed by atoms with Crippen LogP contribution < -0.4 is 10.6 Å². The second-order valence-electron chi connectivity index (χ2n) is 6.10. The van der Waals surface area contributed by atoms with Gasteiger partial charge in [0.1, 0.15) is 12.6 Å². The highest BCUT2D eigenvalue weighted by molar-refractivity contribution is 6.06. The summed E-state index contributed by atoms with van der Waals surface area (Å²) >= 11 is 0. The molecule has 0 radical (unpaired) electrons. The van der Waals surface area contributed by atoms with E-state index in [0.29, 0.717) is 12.3 Å². The number of urea groups is 1. The fourth-order valence-corrected chi connectivity index (χ4v) is 2.84. The van der Waals surface area contributed by atoms with Crippen LogP contribution in [-0.2, 0) is 9.59 Å². The molecular formula is C14H23N3O3. The topological polar surface area (TPSA) is 78.5 Å². The van der Waals surface area contributed by atoms with Crippen LogP contribution in [0.1, 0.15) is 46.0 Å². The van der Waals surface area contributed by atoms with E-state index < -0.39 is 12.1 Å². The van der Waals surface area contributed by atoms with Crippen LogP contribution in [0.2, 0.25) is 0 Å². The maximum Gasteiger partial charge on any atom is 0.325 e. The number of hydrogen-bond donors (Lipinski definition) is 2. The van der Waals surface area contributed by atoms with E-state index in [1.807, 2.05) is 13.8 Å². The highest BCUT2D eigenvalue weighted by Gasteiger charge is 2.39. The van der Waals surface area contributed by atoms with E-state index in [0.717, 1.165) is 30.6 Å². The van der Waals surface area contributed by atoms with Crippen molar-refractivity contribution in [3.8, 4) is 0 Å². The Kier molecular flexibility index (Phi) is 4.62. The van der Waals surface area contributed by atoms with Crippen molar-refractivity contribution in [1.82, 2.24) is 15.5 Å². The number of imide groups is 1. The Labute approximate surface area is 119 Å². The minimum absolute atomic E-state index is 0.171. The van der Waals surface area contributed by atoms with Gasteiger partial charge in [0.15, 0.2) is 0 Å². The second-order valence-corrected chi connectivity index (χ2v) is 6.10. The lowest BCUT2D eigenvalue weighted by molar-refractivity contribution is -0.132. The van der Waals surface area contributed by atoms with Crippen LogP contribution in [0.15, 0.2) is 0 Å². The average molecular weight is 281 g/mol. The number of rotatable bonds is 5. The van der Waals surface area contributed by atoms with Gasteiger partial charge in [0.05, 0.1) is 0 Å². The normalized spacial score (nSPS) is 23.6. The predicted molar refractivity (Wildman–Crippen MR) is 73.9 cm³/mol. The van der Waals surface area contributed by atoms with Crippen molar-refractivity contribution in [2.75, 3.05) is 6.54 Å². The van der Waals surface area contributed by atoms with Crippen LogP contribution in [0.25, 0.3) is 0 Å². The van der Waals surface area contributed by atoms with Crippen LogP contribution in [0.4, 0.5) is 4.79 Å². The lowest BCUT2D eigenvalue weighted by atomic mass is 10.0. The minimum Gasteiger partial charge on any atom is -0.352 e. The molecule has 1 saturated heterocycles. The Morgan fingerprint density at radius 1 is 1.35 bits per heavy atom. The van der Waals surface area contributed by atoms with E-state index in [-0.39, 0.29) is 24.4 Å². The summed E-state index contributed by atoms with van der Waals surface area (Å²) in [5.74, 6) is -0.215. The SMILES string of the molecule is CC(C)C[C@H]1NC(=O)N(CC(=O)NC2CCCC2)C1=O. The van der Waals surface area contributed by atoms with Gasteiger partial charge in [-0.2, -0.15) is 0 Å². The van der Waals surface area contributed by atoms with Crippen LogP contribution in [0, 0.1) is 5.92 Å². The molecule has 1 aliphatic carbocycles. The van der Waals surface area contributed by atoms with Crippen LogP contribution in [-0.4, -0.2) is 41.4 Å². The fourth-order valence-electron chi connectivity index (χ4n) is 2.84. The van der Waals surface area contributed by atoms with Crippen LogP contribution >= 0.6 is 0 Å². The third-order valence-electron chi connectivity index (χ3n) is 3.84. The van der Waals surface area contributed by atoms with Crippen molar-refractivity contribution < 1.29 is 14.4 Å². The molecule has 6 heteroatoms. The molecular weight excluding hydrogens is 258 g/mol. The van der Waals surface area contributed by atoms with Gasteiger partial charge in [-0.15, -0.1) is 0 Å². The molecule has 1 heterocycles. The first-order valence-electron chi connectivity index (χ1n) is 7.38. The summed E-state index contributed by atoms with van der Waals surface area (Å²) in [5.41, 5.74) is 0. The second kappa shape index (κ2) is 6.24. The molecule has 4 amide bonds. The summed E-state index contributed by atoms with van der Waals surface area (Å²) in [6.45, 7) is 3.82. The van der Waals surface area contributed by atoms with E-state index in [2.05, 4.69) is 10.6 Å². The highest BCUT2D eigenvalue weighted by atomic mass is 16.2. The number of amides is 4. The Bertz CT molecular complexity index is 402. The maximum atomic E-state index is 12.1. The summed E-state index contributed by atoms with van der Waals surface area (Å²) in [6.07, 6.45) is 4.84. The molecule has 1 aliphatic heterocycles. The average Bonchev–Trinajstić information content (AvgIpc) is 2.93. The molecule has 0 aromatic heterocycles. The summed E-state index contributed by atoms with van der Waals surface area (Å²) in [4.78, 5) is 36.8. The van der Waals surface area contributed by atoms with Crippen molar-refractivity contribution in [2.45, 2.75) is 58.0 Å². The molecule has 0 aromatic rings. The molecule has 2 N–H and O–H groups in total. The summed E-state index contributed by atoms with van der Waals surface area (Å²) in [7, 11) is 0. The first-order valence-corrected chi connectivity index (χ1v) is 7.38. The van der Waals surface area contributed by atoms with E-state index in [1.165, 1.54) is 0 Å². The molecule has 0 spiro atoms. The zero-order valence-corrected chi connectivity index (χ0v) is 12.1.